The van der Waals surface area contributed by atoms with Crippen molar-refractivity contribution in [1.82, 2.24) is 9.97 Å². The van der Waals surface area contributed by atoms with Crippen molar-refractivity contribution in [3.63, 3.8) is 0 Å². The lowest BCUT2D eigenvalue weighted by molar-refractivity contribution is 0.132. The van der Waals surface area contributed by atoms with Crippen LogP contribution in [-0.2, 0) is 6.42 Å². The monoisotopic (exact) mass is 282 g/mol. The van der Waals surface area contributed by atoms with Crippen molar-refractivity contribution in [3.05, 3.63) is 11.9 Å². The Morgan fingerprint density at radius 3 is 2.25 bits per heavy atom. The van der Waals surface area contributed by atoms with Crippen molar-refractivity contribution >= 4 is 11.6 Å². The number of hydrogen-bond acceptors (Lipinski definition) is 6. The Hall–Kier alpha value is -1.40. The third-order valence-corrected chi connectivity index (χ3v) is 3.32. The first-order valence-electron chi connectivity index (χ1n) is 7.24. The number of hydrogen-bond donors (Lipinski definition) is 4. The molecule has 0 saturated heterocycles. The molecule has 0 radical (unpaired) electrons. The predicted octanol–water partition coefficient (Wildman–Crippen LogP) is 1.41. The zero-order valence-corrected chi connectivity index (χ0v) is 12.6. The molecule has 0 saturated carbocycles. The van der Waals surface area contributed by atoms with Crippen LogP contribution in [0.1, 0.15) is 39.4 Å². The Morgan fingerprint density at radius 1 is 1.10 bits per heavy atom. The number of aliphatic hydroxyl groups is 2. The molecule has 1 rings (SSSR count). The van der Waals surface area contributed by atoms with Gasteiger partial charge in [0.25, 0.3) is 0 Å². The normalized spacial score (nSPS) is 11.4. The van der Waals surface area contributed by atoms with Crippen LogP contribution >= 0.6 is 0 Å². The number of aromatic nitrogens is 2. The molecular formula is C14H26N4O2. The van der Waals surface area contributed by atoms with Crippen molar-refractivity contribution in [3.8, 4) is 0 Å². The van der Waals surface area contributed by atoms with Crippen molar-refractivity contribution in [2.45, 2.75) is 45.6 Å². The Labute approximate surface area is 120 Å². The van der Waals surface area contributed by atoms with Gasteiger partial charge < -0.3 is 20.8 Å². The summed E-state index contributed by atoms with van der Waals surface area (Å²) < 4.78 is 0. The second-order valence-corrected chi connectivity index (χ2v) is 4.91. The largest absolute Gasteiger partial charge is 0.394 e. The van der Waals surface area contributed by atoms with Crippen LogP contribution in [0.15, 0.2) is 6.07 Å². The van der Waals surface area contributed by atoms with Gasteiger partial charge in [-0.05, 0) is 12.8 Å². The molecule has 0 aliphatic heterocycles. The van der Waals surface area contributed by atoms with E-state index in [1.165, 1.54) is 0 Å². The maximum atomic E-state index is 9.49. The molecule has 114 valence electrons. The number of nitrogens with zero attached hydrogens (tertiary/aromatic N) is 2. The van der Waals surface area contributed by atoms with Gasteiger partial charge in [0, 0.05) is 19.0 Å². The van der Waals surface area contributed by atoms with Crippen LogP contribution in [0.4, 0.5) is 11.6 Å². The van der Waals surface area contributed by atoms with Crippen molar-refractivity contribution < 1.29 is 10.2 Å². The highest BCUT2D eigenvalue weighted by Crippen LogP contribution is 2.19. The molecule has 0 fully saturated rings. The lowest BCUT2D eigenvalue weighted by Crippen LogP contribution is -2.45. The van der Waals surface area contributed by atoms with E-state index in [0.717, 1.165) is 31.0 Å². The fraction of sp³-hybridized carbons (Fsp3) is 0.714. The van der Waals surface area contributed by atoms with Gasteiger partial charge in [-0.2, -0.15) is 0 Å². The minimum absolute atomic E-state index is 0.150. The molecule has 0 aliphatic rings. The predicted molar refractivity (Wildman–Crippen MR) is 81.0 cm³/mol. The van der Waals surface area contributed by atoms with E-state index in [-0.39, 0.29) is 13.2 Å². The Bertz CT molecular complexity index is 400. The summed E-state index contributed by atoms with van der Waals surface area (Å²) in [6.07, 6.45) is 2.34. The van der Waals surface area contributed by atoms with E-state index in [1.807, 2.05) is 19.9 Å². The van der Waals surface area contributed by atoms with Gasteiger partial charge in [-0.3, -0.25) is 0 Å². The minimum atomic E-state index is -0.749. The van der Waals surface area contributed by atoms with Gasteiger partial charge in [0.1, 0.15) is 17.5 Å². The molecule has 1 heterocycles. The summed E-state index contributed by atoms with van der Waals surface area (Å²) in [6, 6.07) is 1.81. The summed E-state index contributed by atoms with van der Waals surface area (Å²) in [5, 5.41) is 25.4. The van der Waals surface area contributed by atoms with Gasteiger partial charge in [0.2, 0.25) is 0 Å². The zero-order valence-electron chi connectivity index (χ0n) is 12.6. The van der Waals surface area contributed by atoms with Crippen LogP contribution in [0.25, 0.3) is 0 Å². The topological polar surface area (TPSA) is 90.3 Å². The zero-order chi connectivity index (χ0) is 15.0. The summed E-state index contributed by atoms with van der Waals surface area (Å²) in [5.41, 5.74) is -0.749. The van der Waals surface area contributed by atoms with Crippen LogP contribution in [0.5, 0.6) is 0 Å². The van der Waals surface area contributed by atoms with Crippen LogP contribution in [-0.4, -0.2) is 45.5 Å². The molecular weight excluding hydrogens is 256 g/mol. The minimum Gasteiger partial charge on any atom is -0.394 e. The second kappa shape index (κ2) is 8.01. The molecule has 0 unspecified atom stereocenters. The van der Waals surface area contributed by atoms with Crippen LogP contribution in [0.2, 0.25) is 0 Å². The van der Waals surface area contributed by atoms with E-state index in [4.69, 9.17) is 0 Å². The molecule has 6 nitrogen and oxygen atoms in total. The molecule has 0 spiro atoms. The van der Waals surface area contributed by atoms with E-state index in [2.05, 4.69) is 27.5 Å². The summed E-state index contributed by atoms with van der Waals surface area (Å²) in [4.78, 5) is 8.81. The SMILES string of the molecule is CCCNc1cc(NC(CC)(CO)CO)nc(CC)n1. The third kappa shape index (κ3) is 4.31. The maximum absolute atomic E-state index is 9.49. The Morgan fingerprint density at radius 2 is 1.75 bits per heavy atom. The average molecular weight is 282 g/mol. The summed E-state index contributed by atoms with van der Waals surface area (Å²) >= 11 is 0. The Kier molecular flexibility index (Phi) is 6.67. The molecule has 0 aromatic carbocycles. The first-order chi connectivity index (χ1) is 9.62. The van der Waals surface area contributed by atoms with E-state index in [1.54, 1.807) is 0 Å². The van der Waals surface area contributed by atoms with Crippen LogP contribution in [0.3, 0.4) is 0 Å². The maximum Gasteiger partial charge on any atom is 0.132 e. The van der Waals surface area contributed by atoms with Gasteiger partial charge in [-0.1, -0.05) is 20.8 Å². The summed E-state index contributed by atoms with van der Waals surface area (Å²) in [5.74, 6) is 2.12. The first-order valence-corrected chi connectivity index (χ1v) is 7.24. The second-order valence-electron chi connectivity index (χ2n) is 4.91. The fourth-order valence-electron chi connectivity index (χ4n) is 1.78. The molecule has 6 heteroatoms. The van der Waals surface area contributed by atoms with Crippen molar-refractivity contribution in [2.75, 3.05) is 30.4 Å². The van der Waals surface area contributed by atoms with Crippen LogP contribution in [0, 0.1) is 0 Å². The van der Waals surface area contributed by atoms with Gasteiger partial charge >= 0.3 is 0 Å². The highest BCUT2D eigenvalue weighted by Gasteiger charge is 2.27. The molecule has 0 atom stereocenters. The van der Waals surface area contributed by atoms with Crippen molar-refractivity contribution in [2.24, 2.45) is 0 Å². The van der Waals surface area contributed by atoms with E-state index in [0.29, 0.717) is 12.2 Å². The third-order valence-electron chi connectivity index (χ3n) is 3.32. The molecule has 0 aliphatic carbocycles. The lowest BCUT2D eigenvalue weighted by atomic mass is 9.98. The molecule has 1 aromatic heterocycles. The molecule has 1 aromatic rings. The van der Waals surface area contributed by atoms with Gasteiger partial charge in [-0.25, -0.2) is 9.97 Å². The first kappa shape index (κ1) is 16.7. The summed E-state index contributed by atoms with van der Waals surface area (Å²) in [6.45, 7) is 6.55. The van der Waals surface area contributed by atoms with E-state index in [9.17, 15) is 10.2 Å². The number of anilines is 2. The fourth-order valence-corrected chi connectivity index (χ4v) is 1.78. The van der Waals surface area contributed by atoms with Gasteiger partial charge in [0.15, 0.2) is 0 Å². The number of aliphatic hydroxyl groups excluding tert-OH is 2. The Balaban J connectivity index is 2.98. The molecule has 0 bridgehead atoms. The smallest absolute Gasteiger partial charge is 0.132 e. The molecule has 20 heavy (non-hydrogen) atoms. The number of nitrogens with one attached hydrogen (secondary N) is 2. The summed E-state index contributed by atoms with van der Waals surface area (Å²) in [7, 11) is 0. The molecule has 4 N–H and O–H groups in total. The quantitative estimate of drug-likeness (QED) is 0.547. The average Bonchev–Trinajstić information content (AvgIpc) is 2.50. The standard InChI is InChI=1S/C14H26N4O2/c1-4-7-15-12-8-13(17-11(5-2)16-12)18-14(6-3,9-19)10-20/h8,19-20H,4-7,9-10H2,1-3H3,(H2,15,16,17,18). The lowest BCUT2D eigenvalue weighted by Gasteiger charge is -2.30. The highest BCUT2D eigenvalue weighted by molar-refractivity contribution is 5.49. The van der Waals surface area contributed by atoms with E-state index < -0.39 is 5.54 Å². The number of rotatable bonds is 9. The molecule has 0 amide bonds. The van der Waals surface area contributed by atoms with Crippen LogP contribution < -0.4 is 10.6 Å². The van der Waals surface area contributed by atoms with Gasteiger partial charge in [0.05, 0.1) is 18.8 Å². The number of aryl methyl sites for hydroxylation is 1. The van der Waals surface area contributed by atoms with Crippen molar-refractivity contribution in [1.29, 1.82) is 0 Å². The highest BCUT2D eigenvalue weighted by atomic mass is 16.3. The van der Waals surface area contributed by atoms with E-state index >= 15 is 0 Å². The van der Waals surface area contributed by atoms with Gasteiger partial charge in [-0.15, -0.1) is 0 Å².